The highest BCUT2D eigenvalue weighted by atomic mass is 32.2. The molecule has 1 aromatic carbocycles. The van der Waals surface area contributed by atoms with Crippen molar-refractivity contribution < 1.29 is 5.11 Å². The summed E-state index contributed by atoms with van der Waals surface area (Å²) in [4.78, 5) is 0. The molecule has 0 spiro atoms. The summed E-state index contributed by atoms with van der Waals surface area (Å²) in [5.41, 5.74) is 1.39. The molecule has 0 saturated carbocycles. The molecule has 20 heavy (non-hydrogen) atoms. The van der Waals surface area contributed by atoms with Gasteiger partial charge < -0.3 is 9.67 Å². The van der Waals surface area contributed by atoms with E-state index in [-0.39, 0.29) is 0 Å². The van der Waals surface area contributed by atoms with Gasteiger partial charge >= 0.3 is 0 Å². The van der Waals surface area contributed by atoms with Crippen LogP contribution in [0.3, 0.4) is 0 Å². The van der Waals surface area contributed by atoms with E-state index in [0.717, 1.165) is 10.7 Å². The molecule has 0 radical (unpaired) electrons. The molecule has 6 heteroatoms. The Morgan fingerprint density at radius 3 is 2.65 bits per heavy atom. The van der Waals surface area contributed by atoms with E-state index in [1.54, 1.807) is 30.6 Å². The van der Waals surface area contributed by atoms with Gasteiger partial charge in [-0.05, 0) is 31.5 Å². The molecule has 1 atom stereocenters. The molecule has 2 rings (SSSR count). The van der Waals surface area contributed by atoms with Crippen molar-refractivity contribution in [3.05, 3.63) is 41.7 Å². The molecule has 0 saturated heterocycles. The highest BCUT2D eigenvalue weighted by Crippen LogP contribution is 2.25. The summed E-state index contributed by atoms with van der Waals surface area (Å²) in [7, 11) is 0. The molecule has 0 bridgehead atoms. The van der Waals surface area contributed by atoms with Crippen molar-refractivity contribution in [3.8, 4) is 6.07 Å². The average Bonchev–Trinajstić information content (AvgIpc) is 2.93. The molecule has 1 aromatic heterocycles. The maximum atomic E-state index is 10.2. The molecule has 5 nitrogen and oxygen atoms in total. The number of aromatic nitrogens is 3. The van der Waals surface area contributed by atoms with Crippen LogP contribution in [0, 0.1) is 11.3 Å². The summed E-state index contributed by atoms with van der Waals surface area (Å²) < 4.78 is 1.97. The Morgan fingerprint density at radius 1 is 1.35 bits per heavy atom. The summed E-state index contributed by atoms with van der Waals surface area (Å²) in [6.07, 6.45) is 1.10. The number of nitrogens with zero attached hydrogens (tertiary/aromatic N) is 4. The number of thioether (sulfide) groups is 1. The maximum absolute atomic E-state index is 10.2. The average molecular weight is 288 g/mol. The molecule has 1 unspecified atom stereocenters. The molecule has 1 heterocycles. The van der Waals surface area contributed by atoms with Gasteiger partial charge in [0, 0.05) is 11.8 Å². The molecule has 0 aliphatic heterocycles. The number of benzene rings is 1. The van der Waals surface area contributed by atoms with Crippen molar-refractivity contribution in [1.82, 2.24) is 14.8 Å². The summed E-state index contributed by atoms with van der Waals surface area (Å²) in [5.74, 6) is 0.497. The number of rotatable bonds is 5. The molecule has 0 fully saturated rings. The van der Waals surface area contributed by atoms with Crippen molar-refractivity contribution in [1.29, 1.82) is 5.26 Å². The van der Waals surface area contributed by atoms with E-state index < -0.39 is 6.10 Å². The van der Waals surface area contributed by atoms with Gasteiger partial charge in [0.05, 0.1) is 17.7 Å². The molecule has 0 aliphatic rings. The van der Waals surface area contributed by atoms with Crippen molar-refractivity contribution in [3.63, 3.8) is 0 Å². The van der Waals surface area contributed by atoms with Gasteiger partial charge in [0.2, 0.25) is 0 Å². The lowest BCUT2D eigenvalue weighted by Crippen LogP contribution is -2.04. The van der Waals surface area contributed by atoms with Crippen molar-refractivity contribution in [2.24, 2.45) is 0 Å². The van der Waals surface area contributed by atoms with Gasteiger partial charge in [-0.15, -0.1) is 10.2 Å². The lowest BCUT2D eigenvalue weighted by atomic mass is 10.1. The first-order valence-corrected chi connectivity index (χ1v) is 7.31. The van der Waals surface area contributed by atoms with Crippen LogP contribution in [0.2, 0.25) is 0 Å². The topological polar surface area (TPSA) is 74.7 Å². The number of aliphatic hydroxyl groups excluding tert-OH is 1. The Hall–Kier alpha value is -1.84. The van der Waals surface area contributed by atoms with Crippen LogP contribution in [0.5, 0.6) is 0 Å². The van der Waals surface area contributed by atoms with Gasteiger partial charge in [-0.2, -0.15) is 5.26 Å². The van der Waals surface area contributed by atoms with Crippen molar-refractivity contribution in [2.75, 3.05) is 5.75 Å². The molecule has 0 aliphatic carbocycles. The van der Waals surface area contributed by atoms with Crippen molar-refractivity contribution >= 4 is 11.8 Å². The Labute approximate surface area is 122 Å². The predicted octanol–water partition coefficient (Wildman–Crippen LogP) is 2.56. The Morgan fingerprint density at radius 2 is 2.05 bits per heavy atom. The molecule has 2 aromatic rings. The lowest BCUT2D eigenvalue weighted by molar-refractivity contribution is 0.204. The third kappa shape index (κ3) is 3.38. The Kier molecular flexibility index (Phi) is 4.77. The summed E-state index contributed by atoms with van der Waals surface area (Å²) >= 11 is 1.47. The number of hydrogen-bond donors (Lipinski definition) is 1. The highest BCUT2D eigenvalue weighted by Gasteiger charge is 2.12. The van der Waals surface area contributed by atoms with E-state index in [0.29, 0.717) is 17.4 Å². The van der Waals surface area contributed by atoms with E-state index in [1.807, 2.05) is 4.57 Å². The minimum Gasteiger partial charge on any atom is -0.388 e. The number of aliphatic hydroxyl groups is 1. The van der Waals surface area contributed by atoms with Crippen LogP contribution in [0.4, 0.5) is 0 Å². The molecular formula is C14H16N4OS. The minimum absolute atomic E-state index is 0.291. The maximum Gasteiger partial charge on any atom is 0.191 e. The number of hydrogen-bond acceptors (Lipinski definition) is 5. The summed E-state index contributed by atoms with van der Waals surface area (Å²) in [6.45, 7) is 4.12. The number of nitriles is 1. The van der Waals surface area contributed by atoms with E-state index >= 15 is 0 Å². The van der Waals surface area contributed by atoms with Gasteiger partial charge in [-0.1, -0.05) is 23.9 Å². The second kappa shape index (κ2) is 6.55. The van der Waals surface area contributed by atoms with E-state index in [2.05, 4.69) is 30.1 Å². The van der Waals surface area contributed by atoms with Crippen LogP contribution in [-0.2, 0) is 0 Å². The first-order chi connectivity index (χ1) is 9.61. The van der Waals surface area contributed by atoms with Gasteiger partial charge in [0.25, 0.3) is 0 Å². The summed E-state index contributed by atoms with van der Waals surface area (Å²) in [5, 5.41) is 27.6. The van der Waals surface area contributed by atoms with Gasteiger partial charge in [0.1, 0.15) is 6.33 Å². The van der Waals surface area contributed by atoms with Crippen LogP contribution in [0.1, 0.15) is 37.1 Å². The van der Waals surface area contributed by atoms with Crippen LogP contribution >= 0.6 is 11.8 Å². The highest BCUT2D eigenvalue weighted by molar-refractivity contribution is 7.99. The second-order valence-corrected chi connectivity index (χ2v) is 5.66. The zero-order valence-corrected chi connectivity index (χ0v) is 12.2. The first-order valence-electron chi connectivity index (χ1n) is 6.32. The molecule has 104 valence electrons. The normalized spacial score (nSPS) is 12.3. The lowest BCUT2D eigenvalue weighted by Gasteiger charge is -2.12. The van der Waals surface area contributed by atoms with Crippen LogP contribution in [-0.4, -0.2) is 25.6 Å². The van der Waals surface area contributed by atoms with Crippen molar-refractivity contribution in [2.45, 2.75) is 31.1 Å². The van der Waals surface area contributed by atoms with E-state index in [1.165, 1.54) is 11.8 Å². The molecule has 0 amide bonds. The monoisotopic (exact) mass is 288 g/mol. The van der Waals surface area contributed by atoms with Crippen LogP contribution in [0.25, 0.3) is 0 Å². The van der Waals surface area contributed by atoms with Gasteiger partial charge in [-0.25, -0.2) is 0 Å². The minimum atomic E-state index is -0.593. The third-order valence-corrected chi connectivity index (χ3v) is 3.92. The van der Waals surface area contributed by atoms with E-state index in [9.17, 15) is 5.11 Å². The van der Waals surface area contributed by atoms with Gasteiger partial charge in [-0.3, -0.25) is 0 Å². The first kappa shape index (κ1) is 14.6. The fourth-order valence-electron chi connectivity index (χ4n) is 1.72. The molecular weight excluding hydrogens is 272 g/mol. The standard InChI is InChI=1S/C14H16N4OS/c1-10(2)18-9-16-17-14(18)20-8-13(19)12-5-3-11(7-15)4-6-12/h3-6,9-10,13,19H,8H2,1-2H3. The van der Waals surface area contributed by atoms with Crippen LogP contribution in [0.15, 0.2) is 35.7 Å². The fourth-order valence-corrected chi connectivity index (χ4v) is 2.73. The van der Waals surface area contributed by atoms with E-state index in [4.69, 9.17) is 5.26 Å². The molecule has 1 N–H and O–H groups in total. The predicted molar refractivity (Wildman–Crippen MR) is 77.2 cm³/mol. The van der Waals surface area contributed by atoms with Crippen LogP contribution < -0.4 is 0 Å². The smallest absolute Gasteiger partial charge is 0.191 e. The third-order valence-electron chi connectivity index (χ3n) is 2.89. The fraction of sp³-hybridized carbons (Fsp3) is 0.357. The summed E-state index contributed by atoms with van der Waals surface area (Å²) in [6, 6.07) is 9.32. The quantitative estimate of drug-likeness (QED) is 0.856. The zero-order valence-electron chi connectivity index (χ0n) is 11.4. The SMILES string of the molecule is CC(C)n1cnnc1SCC(O)c1ccc(C#N)cc1. The van der Waals surface area contributed by atoms with Gasteiger partial charge in [0.15, 0.2) is 5.16 Å². The Bertz CT molecular complexity index is 600. The Balaban J connectivity index is 1.99. The zero-order chi connectivity index (χ0) is 14.5. The second-order valence-electron chi connectivity index (χ2n) is 4.68. The largest absolute Gasteiger partial charge is 0.388 e.